The highest BCUT2D eigenvalue weighted by atomic mass is 32.2. The third-order valence-electron chi connectivity index (χ3n) is 7.70. The first-order valence-electron chi connectivity index (χ1n) is 13.8. The van der Waals surface area contributed by atoms with Gasteiger partial charge in [-0.25, -0.2) is 13.2 Å². The molecule has 216 valence electrons. The van der Waals surface area contributed by atoms with Crippen LogP contribution in [-0.4, -0.2) is 53.0 Å². The number of sulfone groups is 1. The number of carbonyl (C=O) groups excluding carboxylic acids is 2. The van der Waals surface area contributed by atoms with E-state index in [4.69, 9.17) is 4.74 Å². The Morgan fingerprint density at radius 2 is 1.49 bits per heavy atom. The van der Waals surface area contributed by atoms with Crippen molar-refractivity contribution < 1.29 is 22.7 Å². The molecule has 0 heterocycles. The molecule has 0 atom stereocenters. The maximum Gasteiger partial charge on any atom is 0.330 e. The molecule has 0 radical (unpaired) electrons. The van der Waals surface area contributed by atoms with Gasteiger partial charge in [0, 0.05) is 43.7 Å². The van der Waals surface area contributed by atoms with Crippen molar-refractivity contribution in [2.45, 2.75) is 37.5 Å². The molecular weight excluding hydrogens is 536 g/mol. The van der Waals surface area contributed by atoms with E-state index in [1.165, 1.54) is 19.4 Å². The Bertz CT molecular complexity index is 1490. The summed E-state index contributed by atoms with van der Waals surface area (Å²) in [5.41, 5.74) is 5.80. The number of hydrogen-bond acceptors (Lipinski definition) is 6. The second kappa shape index (κ2) is 13.2. The summed E-state index contributed by atoms with van der Waals surface area (Å²) in [6, 6.07) is 24.1. The first-order valence-corrected chi connectivity index (χ1v) is 15.7. The highest BCUT2D eigenvalue weighted by molar-refractivity contribution is 7.91. The van der Waals surface area contributed by atoms with Gasteiger partial charge in [0.2, 0.25) is 5.91 Å². The largest absolute Gasteiger partial charge is 0.466 e. The molecule has 0 saturated heterocycles. The van der Waals surface area contributed by atoms with Gasteiger partial charge >= 0.3 is 5.97 Å². The van der Waals surface area contributed by atoms with E-state index >= 15 is 0 Å². The lowest BCUT2D eigenvalue weighted by atomic mass is 9.87. The molecule has 3 aromatic rings. The van der Waals surface area contributed by atoms with E-state index < -0.39 is 15.8 Å². The van der Waals surface area contributed by atoms with Gasteiger partial charge in [-0.2, -0.15) is 0 Å². The third kappa shape index (κ3) is 7.85. The number of nitrogens with zero attached hydrogens (tertiary/aromatic N) is 2. The third-order valence-corrected chi connectivity index (χ3v) is 9.38. The molecule has 0 spiro atoms. The molecule has 0 bridgehead atoms. The minimum Gasteiger partial charge on any atom is -0.466 e. The van der Waals surface area contributed by atoms with Crippen LogP contribution in [0.2, 0.25) is 0 Å². The molecule has 1 aliphatic carbocycles. The Morgan fingerprint density at radius 3 is 2.05 bits per heavy atom. The highest BCUT2D eigenvalue weighted by Crippen LogP contribution is 2.32. The van der Waals surface area contributed by atoms with Gasteiger partial charge in [0.15, 0.2) is 0 Å². The zero-order valence-electron chi connectivity index (χ0n) is 24.1. The SMILES string of the molecule is COC(=O)/C=C/c1cccc(N(Cc2ccc(-c3ccc(N(C)C)cc3)cc2)C(=O)[C@H]2CC[C@@H](S(C)(=O)=O)CC2)c1. The van der Waals surface area contributed by atoms with Gasteiger partial charge in [-0.3, -0.25) is 4.79 Å². The van der Waals surface area contributed by atoms with Crippen LogP contribution in [0.4, 0.5) is 11.4 Å². The molecule has 1 aliphatic rings. The number of esters is 1. The van der Waals surface area contributed by atoms with Crippen molar-refractivity contribution in [1.82, 2.24) is 0 Å². The second-order valence-electron chi connectivity index (χ2n) is 10.8. The van der Waals surface area contributed by atoms with Crippen molar-refractivity contribution in [2.75, 3.05) is 37.3 Å². The van der Waals surface area contributed by atoms with Gasteiger partial charge in [0.25, 0.3) is 0 Å². The Hall–Kier alpha value is -3.91. The Morgan fingerprint density at radius 1 is 0.878 bits per heavy atom. The summed E-state index contributed by atoms with van der Waals surface area (Å²) in [6.45, 7) is 0.370. The van der Waals surface area contributed by atoms with E-state index in [0.29, 0.717) is 32.2 Å². The molecule has 0 aromatic heterocycles. The minimum absolute atomic E-state index is 0.0191. The molecule has 0 aliphatic heterocycles. The van der Waals surface area contributed by atoms with Crippen LogP contribution in [0.3, 0.4) is 0 Å². The van der Waals surface area contributed by atoms with E-state index in [1.54, 1.807) is 11.0 Å². The fraction of sp³-hybridized carbons (Fsp3) is 0.333. The van der Waals surface area contributed by atoms with E-state index in [-0.39, 0.29) is 17.1 Å². The predicted octanol–water partition coefficient (Wildman–Crippen LogP) is 5.74. The van der Waals surface area contributed by atoms with Gasteiger partial charge < -0.3 is 14.5 Å². The zero-order valence-corrected chi connectivity index (χ0v) is 24.9. The summed E-state index contributed by atoms with van der Waals surface area (Å²) in [5, 5.41) is -0.383. The molecule has 0 N–H and O–H groups in total. The van der Waals surface area contributed by atoms with E-state index in [9.17, 15) is 18.0 Å². The highest BCUT2D eigenvalue weighted by Gasteiger charge is 2.33. The first-order chi connectivity index (χ1) is 19.5. The molecule has 3 aromatic carbocycles. The molecule has 1 fully saturated rings. The monoisotopic (exact) mass is 574 g/mol. The van der Waals surface area contributed by atoms with E-state index in [1.807, 2.05) is 50.5 Å². The number of rotatable bonds is 9. The fourth-order valence-electron chi connectivity index (χ4n) is 5.22. The molecule has 8 heteroatoms. The average molecular weight is 575 g/mol. The van der Waals surface area contributed by atoms with Crippen LogP contribution in [0.5, 0.6) is 0 Å². The number of methoxy groups -OCH3 is 1. The molecule has 0 unspecified atom stereocenters. The quantitative estimate of drug-likeness (QED) is 0.239. The van der Waals surface area contributed by atoms with Crippen LogP contribution in [-0.2, 0) is 30.7 Å². The van der Waals surface area contributed by atoms with Crippen molar-refractivity contribution in [3.05, 3.63) is 90.0 Å². The maximum absolute atomic E-state index is 13.9. The molecule has 41 heavy (non-hydrogen) atoms. The fourth-order valence-corrected chi connectivity index (χ4v) is 6.35. The number of hydrogen-bond donors (Lipinski definition) is 0. The summed E-state index contributed by atoms with van der Waals surface area (Å²) >= 11 is 0. The minimum atomic E-state index is -3.12. The summed E-state index contributed by atoms with van der Waals surface area (Å²) < 4.78 is 28.8. The summed E-state index contributed by atoms with van der Waals surface area (Å²) in [4.78, 5) is 29.4. The molecule has 7 nitrogen and oxygen atoms in total. The lowest BCUT2D eigenvalue weighted by molar-refractivity contribution is -0.134. The molecule has 1 saturated carbocycles. The summed E-state index contributed by atoms with van der Waals surface area (Å²) in [5.74, 6) is -0.728. The van der Waals surface area contributed by atoms with Crippen LogP contribution >= 0.6 is 0 Å². The van der Waals surface area contributed by atoms with Crippen molar-refractivity contribution in [1.29, 1.82) is 0 Å². The van der Waals surface area contributed by atoms with Crippen molar-refractivity contribution in [3.8, 4) is 11.1 Å². The smallest absolute Gasteiger partial charge is 0.330 e. The van der Waals surface area contributed by atoms with Crippen LogP contribution in [0.15, 0.2) is 78.9 Å². The number of benzene rings is 3. The summed E-state index contributed by atoms with van der Waals surface area (Å²) in [6.07, 6.45) is 6.35. The standard InChI is InChI=1S/C33H38N2O5S/c1-34(2)29-17-13-27(14-18-29)26-11-8-25(9-12-26)23-35(30-7-5-6-24(22-30)10-21-32(36)40-3)33(37)28-15-19-31(20-16-28)41(4,38)39/h5-14,17-18,21-22,28,31H,15-16,19-20,23H2,1-4H3/b21-10+/t28-,31+. The van der Waals surface area contributed by atoms with Gasteiger partial charge in [0.05, 0.1) is 18.9 Å². The molecule has 4 rings (SSSR count). The van der Waals surface area contributed by atoms with Crippen LogP contribution in [0, 0.1) is 5.92 Å². The Balaban J connectivity index is 1.59. The van der Waals surface area contributed by atoms with Crippen molar-refractivity contribution in [3.63, 3.8) is 0 Å². The number of ether oxygens (including phenoxy) is 1. The summed E-state index contributed by atoms with van der Waals surface area (Å²) in [7, 11) is 2.23. The lowest BCUT2D eigenvalue weighted by Crippen LogP contribution is -2.39. The Labute approximate surface area is 243 Å². The normalized spacial score (nSPS) is 17.3. The molecular formula is C33H38N2O5S. The Kier molecular flexibility index (Phi) is 9.65. The topological polar surface area (TPSA) is 84.0 Å². The molecule has 1 amide bonds. The maximum atomic E-state index is 13.9. The average Bonchev–Trinajstić information content (AvgIpc) is 2.98. The second-order valence-corrected chi connectivity index (χ2v) is 13.1. The predicted molar refractivity (Wildman–Crippen MR) is 165 cm³/mol. The van der Waals surface area contributed by atoms with Gasteiger partial charge in [-0.15, -0.1) is 0 Å². The van der Waals surface area contributed by atoms with Gasteiger partial charge in [-0.1, -0.05) is 48.5 Å². The zero-order chi connectivity index (χ0) is 29.6. The van der Waals surface area contributed by atoms with Crippen LogP contribution < -0.4 is 9.80 Å². The van der Waals surface area contributed by atoms with Crippen molar-refractivity contribution >= 4 is 39.2 Å². The first kappa shape index (κ1) is 30.1. The van der Waals surface area contributed by atoms with Gasteiger partial charge in [0.1, 0.15) is 9.84 Å². The number of anilines is 2. The lowest BCUT2D eigenvalue weighted by Gasteiger charge is -2.32. The van der Waals surface area contributed by atoms with Crippen molar-refractivity contribution in [2.24, 2.45) is 5.92 Å². The number of carbonyl (C=O) groups is 2. The van der Waals surface area contributed by atoms with Crippen LogP contribution in [0.1, 0.15) is 36.8 Å². The van der Waals surface area contributed by atoms with Gasteiger partial charge in [-0.05, 0) is 78.3 Å². The van der Waals surface area contributed by atoms with Crippen LogP contribution in [0.25, 0.3) is 17.2 Å². The number of amides is 1. The van der Waals surface area contributed by atoms with E-state index in [2.05, 4.69) is 41.3 Å². The van der Waals surface area contributed by atoms with E-state index in [0.717, 1.165) is 33.6 Å².